The van der Waals surface area contributed by atoms with Crippen molar-refractivity contribution in [2.75, 3.05) is 6.54 Å². The van der Waals surface area contributed by atoms with Crippen LogP contribution in [0.3, 0.4) is 0 Å². The van der Waals surface area contributed by atoms with Gasteiger partial charge in [-0.2, -0.15) is 13.2 Å². The highest BCUT2D eigenvalue weighted by molar-refractivity contribution is 6.37. The summed E-state index contributed by atoms with van der Waals surface area (Å²) in [5, 5.41) is 6.86. The fourth-order valence-corrected chi connectivity index (χ4v) is 3.36. The molecule has 2 aliphatic rings. The number of alkyl halides is 5. The molecule has 0 spiro atoms. The van der Waals surface area contributed by atoms with Gasteiger partial charge in [-0.1, -0.05) is 26.0 Å². The Balaban J connectivity index is 0.000000411. The standard InChI is InChI=1S/C16H19F6N.C7H10N2O3.C2H6/c1-10(8-15(18,19)9-11-2-3-11)23-14(16(20,21)22)12-4-6-13(17)7-5-12;10-4-8-3-6(11)7(12)9-5-1-2-5;1-2/h4-7,10-11,14,23H,2-3,8-9H2,1H3;4-5H,1-3H2,(H,8,10)(H,9,12);1-2H3. The van der Waals surface area contributed by atoms with Crippen LogP contribution < -0.4 is 16.0 Å². The maximum Gasteiger partial charge on any atom is 0.407 e. The van der Waals surface area contributed by atoms with Crippen LogP contribution in [0.15, 0.2) is 24.3 Å². The SMILES string of the molecule is CC.CC(CC(F)(F)CC1CC1)NC(c1ccc(F)cc1)C(F)(F)F.O=CNCC(=O)C(=O)NC1CC1. The molecule has 210 valence electrons. The van der Waals surface area contributed by atoms with Crippen molar-refractivity contribution in [3.63, 3.8) is 0 Å². The van der Waals surface area contributed by atoms with Crippen molar-refractivity contribution in [3.05, 3.63) is 35.6 Å². The topological polar surface area (TPSA) is 87.3 Å². The molecule has 0 bridgehead atoms. The Hall–Kier alpha value is -2.63. The van der Waals surface area contributed by atoms with E-state index in [2.05, 4.69) is 16.0 Å². The second-order valence-electron chi connectivity index (χ2n) is 8.97. The number of nitrogens with one attached hydrogen (secondary N) is 3. The molecule has 1 aromatic rings. The molecule has 3 rings (SSSR count). The minimum atomic E-state index is -4.65. The van der Waals surface area contributed by atoms with Crippen LogP contribution in [0.4, 0.5) is 26.3 Å². The number of benzene rings is 1. The lowest BCUT2D eigenvalue weighted by Crippen LogP contribution is -2.42. The molecule has 12 heteroatoms. The van der Waals surface area contributed by atoms with Crippen LogP contribution in [0.2, 0.25) is 0 Å². The highest BCUT2D eigenvalue weighted by Crippen LogP contribution is 2.41. The first kappa shape index (κ1) is 32.4. The summed E-state index contributed by atoms with van der Waals surface area (Å²) in [4.78, 5) is 31.5. The van der Waals surface area contributed by atoms with E-state index >= 15 is 0 Å². The lowest BCUT2D eigenvalue weighted by atomic mass is 10.0. The summed E-state index contributed by atoms with van der Waals surface area (Å²) < 4.78 is 80.0. The summed E-state index contributed by atoms with van der Waals surface area (Å²) in [6.45, 7) is 5.09. The number of amides is 2. The highest BCUT2D eigenvalue weighted by atomic mass is 19.4. The second-order valence-corrected chi connectivity index (χ2v) is 8.97. The summed E-state index contributed by atoms with van der Waals surface area (Å²) in [5.74, 6) is -4.85. The van der Waals surface area contributed by atoms with E-state index in [1.165, 1.54) is 6.92 Å². The maximum absolute atomic E-state index is 13.8. The maximum atomic E-state index is 13.8. The molecule has 2 unspecified atom stereocenters. The first-order valence-electron chi connectivity index (χ1n) is 12.3. The van der Waals surface area contributed by atoms with Gasteiger partial charge >= 0.3 is 6.18 Å². The molecule has 2 amide bonds. The summed E-state index contributed by atoms with van der Waals surface area (Å²) in [5.41, 5.74) is -0.198. The van der Waals surface area contributed by atoms with E-state index in [1.807, 2.05) is 13.8 Å². The van der Waals surface area contributed by atoms with E-state index in [1.54, 1.807) is 0 Å². The lowest BCUT2D eigenvalue weighted by Gasteiger charge is -2.28. The Morgan fingerprint density at radius 3 is 2.05 bits per heavy atom. The van der Waals surface area contributed by atoms with Gasteiger partial charge < -0.3 is 10.6 Å². The van der Waals surface area contributed by atoms with Crippen LogP contribution in [0.1, 0.15) is 70.9 Å². The van der Waals surface area contributed by atoms with Crippen molar-refractivity contribution in [1.82, 2.24) is 16.0 Å². The van der Waals surface area contributed by atoms with E-state index in [0.717, 1.165) is 49.9 Å². The van der Waals surface area contributed by atoms with Crippen LogP contribution in [-0.2, 0) is 14.4 Å². The van der Waals surface area contributed by atoms with Gasteiger partial charge in [-0.3, -0.25) is 19.7 Å². The monoisotopic (exact) mass is 539 g/mol. The minimum absolute atomic E-state index is 0.00675. The zero-order valence-electron chi connectivity index (χ0n) is 21.1. The van der Waals surface area contributed by atoms with Crippen molar-refractivity contribution in [3.8, 4) is 0 Å². The minimum Gasteiger partial charge on any atom is -0.351 e. The van der Waals surface area contributed by atoms with Crippen molar-refractivity contribution < 1.29 is 40.7 Å². The third-order valence-corrected chi connectivity index (χ3v) is 5.38. The molecule has 0 aromatic heterocycles. The number of hydrogen-bond acceptors (Lipinski definition) is 4. The number of ketones is 1. The van der Waals surface area contributed by atoms with Crippen molar-refractivity contribution in [2.45, 2.75) is 89.5 Å². The first-order chi connectivity index (χ1) is 17.3. The van der Waals surface area contributed by atoms with Crippen molar-refractivity contribution >= 4 is 18.1 Å². The Labute approximate surface area is 212 Å². The molecule has 6 nitrogen and oxygen atoms in total. The van der Waals surface area contributed by atoms with Gasteiger partial charge in [0.15, 0.2) is 0 Å². The molecule has 0 heterocycles. The average Bonchev–Trinajstić information content (AvgIpc) is 3.75. The molecule has 2 fully saturated rings. The van der Waals surface area contributed by atoms with Crippen LogP contribution in [0.25, 0.3) is 0 Å². The number of hydrogen-bond donors (Lipinski definition) is 3. The zero-order chi connectivity index (χ0) is 28.2. The van der Waals surface area contributed by atoms with Crippen LogP contribution in [0, 0.1) is 11.7 Å². The Morgan fingerprint density at radius 2 is 1.59 bits per heavy atom. The predicted octanol–water partition coefficient (Wildman–Crippen LogP) is 4.84. The van der Waals surface area contributed by atoms with E-state index < -0.39 is 48.1 Å². The van der Waals surface area contributed by atoms with Gasteiger partial charge in [0.05, 0.1) is 6.54 Å². The molecule has 0 radical (unpaired) electrons. The summed E-state index contributed by atoms with van der Waals surface area (Å²) in [6, 6.07) is 0.905. The molecule has 2 aliphatic carbocycles. The Kier molecular flexibility index (Phi) is 13.1. The highest BCUT2D eigenvalue weighted by Gasteiger charge is 2.43. The van der Waals surface area contributed by atoms with E-state index in [0.29, 0.717) is 6.41 Å². The number of carbonyl (C=O) groups is 3. The van der Waals surface area contributed by atoms with Gasteiger partial charge in [-0.05, 0) is 56.2 Å². The van der Waals surface area contributed by atoms with E-state index in [-0.39, 0.29) is 30.5 Å². The van der Waals surface area contributed by atoms with Gasteiger partial charge in [-0.25, -0.2) is 13.2 Å². The third-order valence-electron chi connectivity index (χ3n) is 5.38. The third kappa shape index (κ3) is 13.5. The summed E-state index contributed by atoms with van der Waals surface area (Å²) in [6.07, 6.45) is -1.78. The van der Waals surface area contributed by atoms with E-state index in [4.69, 9.17) is 0 Å². The number of rotatable bonds is 12. The van der Waals surface area contributed by atoms with Gasteiger partial charge in [-0.15, -0.1) is 0 Å². The molecule has 2 atom stereocenters. The normalized spacial score (nSPS) is 16.7. The van der Waals surface area contributed by atoms with Crippen LogP contribution >= 0.6 is 0 Å². The quantitative estimate of drug-likeness (QED) is 0.202. The Morgan fingerprint density at radius 1 is 1.03 bits per heavy atom. The smallest absolute Gasteiger partial charge is 0.351 e. The molecule has 2 saturated carbocycles. The molecule has 3 N–H and O–H groups in total. The number of carbonyl (C=O) groups excluding carboxylic acids is 3. The predicted molar refractivity (Wildman–Crippen MR) is 126 cm³/mol. The fourth-order valence-electron chi connectivity index (χ4n) is 3.36. The van der Waals surface area contributed by atoms with Gasteiger partial charge in [0.1, 0.15) is 11.9 Å². The molecule has 0 aliphatic heterocycles. The number of halogens is 6. The Bertz CT molecular complexity index is 856. The molecular weight excluding hydrogens is 504 g/mol. The van der Waals surface area contributed by atoms with E-state index in [9.17, 15) is 40.7 Å². The van der Waals surface area contributed by atoms with Crippen molar-refractivity contribution in [2.24, 2.45) is 5.92 Å². The summed E-state index contributed by atoms with van der Waals surface area (Å²) >= 11 is 0. The first-order valence-corrected chi connectivity index (χ1v) is 12.3. The van der Waals surface area contributed by atoms with Gasteiger partial charge in [0.2, 0.25) is 18.1 Å². The van der Waals surface area contributed by atoms with Gasteiger partial charge in [0.25, 0.3) is 5.91 Å². The molecule has 37 heavy (non-hydrogen) atoms. The largest absolute Gasteiger partial charge is 0.407 e. The van der Waals surface area contributed by atoms with Gasteiger partial charge in [0, 0.05) is 24.9 Å². The molecule has 1 aromatic carbocycles. The second kappa shape index (κ2) is 14.9. The van der Waals surface area contributed by atoms with Crippen LogP contribution in [-0.4, -0.2) is 48.8 Å². The summed E-state index contributed by atoms with van der Waals surface area (Å²) in [7, 11) is 0. The zero-order valence-corrected chi connectivity index (χ0v) is 21.1. The molecule has 0 saturated heterocycles. The van der Waals surface area contributed by atoms with Crippen molar-refractivity contribution in [1.29, 1.82) is 0 Å². The fraction of sp³-hybridized carbons (Fsp3) is 0.640. The average molecular weight is 540 g/mol. The number of Topliss-reactive ketones (excluding diaryl/α,β-unsaturated/α-hetero) is 1. The molecular formula is C25H35F6N3O3. The van der Waals surface area contributed by atoms with Crippen LogP contribution in [0.5, 0.6) is 0 Å². The lowest BCUT2D eigenvalue weighted by molar-refractivity contribution is -0.161.